The highest BCUT2D eigenvalue weighted by Gasteiger charge is 2.58. The Morgan fingerprint density at radius 2 is 1.88 bits per heavy atom. The fourth-order valence-electron chi connectivity index (χ4n) is 5.77. The number of hydrogen-bond acceptors (Lipinski definition) is 3. The van der Waals surface area contributed by atoms with Gasteiger partial charge in [-0.1, -0.05) is 41.5 Å². The highest BCUT2D eigenvalue weighted by atomic mass is 16.6. The summed E-state index contributed by atoms with van der Waals surface area (Å²) in [7, 11) is 0. The van der Waals surface area contributed by atoms with Crippen LogP contribution >= 0.6 is 0 Å². The van der Waals surface area contributed by atoms with Crippen LogP contribution in [0.15, 0.2) is 0 Å². The topological polar surface area (TPSA) is 55.4 Å². The molecule has 0 aromatic carbocycles. The van der Waals surface area contributed by atoms with E-state index in [1.807, 2.05) is 6.92 Å². The quantitative estimate of drug-likeness (QED) is 0.769. The number of carbonyl (C=O) groups excluding carboxylic acids is 2. The van der Waals surface area contributed by atoms with Gasteiger partial charge >= 0.3 is 5.97 Å². The molecule has 7 atom stereocenters. The molecule has 25 heavy (non-hydrogen) atoms. The molecule has 2 saturated carbocycles. The van der Waals surface area contributed by atoms with Crippen LogP contribution in [0.4, 0.5) is 0 Å². The summed E-state index contributed by atoms with van der Waals surface area (Å²) in [4.78, 5) is 24.6. The molecule has 142 valence electrons. The van der Waals surface area contributed by atoms with Crippen LogP contribution in [0.1, 0.15) is 73.6 Å². The van der Waals surface area contributed by atoms with Crippen molar-refractivity contribution in [1.82, 2.24) is 5.32 Å². The highest BCUT2D eigenvalue weighted by molar-refractivity contribution is 5.77. The number of ether oxygens (including phenoxy) is 1. The first-order valence-electron chi connectivity index (χ1n) is 10.0. The van der Waals surface area contributed by atoms with Crippen molar-refractivity contribution < 1.29 is 14.3 Å². The van der Waals surface area contributed by atoms with E-state index in [-0.39, 0.29) is 40.8 Å². The fraction of sp³-hybridized carbons (Fsp3) is 0.905. The minimum absolute atomic E-state index is 0.00283. The maximum Gasteiger partial charge on any atom is 0.309 e. The van der Waals surface area contributed by atoms with Gasteiger partial charge in [-0.15, -0.1) is 0 Å². The van der Waals surface area contributed by atoms with Gasteiger partial charge in [0.05, 0.1) is 5.92 Å². The molecule has 0 bridgehead atoms. The van der Waals surface area contributed by atoms with Crippen molar-refractivity contribution in [1.29, 1.82) is 0 Å². The molecule has 1 saturated heterocycles. The summed E-state index contributed by atoms with van der Waals surface area (Å²) < 4.78 is 5.86. The third kappa shape index (κ3) is 3.46. The predicted molar refractivity (Wildman–Crippen MR) is 97.8 cm³/mol. The average molecular weight is 350 g/mol. The molecule has 4 heteroatoms. The van der Waals surface area contributed by atoms with Gasteiger partial charge in [0.15, 0.2) is 0 Å². The van der Waals surface area contributed by atoms with E-state index in [1.165, 1.54) is 6.42 Å². The minimum atomic E-state index is -0.0228. The van der Waals surface area contributed by atoms with Gasteiger partial charge in [0.2, 0.25) is 5.91 Å². The van der Waals surface area contributed by atoms with Crippen molar-refractivity contribution in [2.24, 2.45) is 34.5 Å². The summed E-state index contributed by atoms with van der Waals surface area (Å²) >= 11 is 0. The van der Waals surface area contributed by atoms with Crippen molar-refractivity contribution in [3.63, 3.8) is 0 Å². The van der Waals surface area contributed by atoms with E-state index in [2.05, 4.69) is 39.9 Å². The van der Waals surface area contributed by atoms with E-state index in [0.717, 1.165) is 19.3 Å². The molecule has 0 aromatic rings. The van der Waals surface area contributed by atoms with Crippen LogP contribution in [-0.4, -0.2) is 24.0 Å². The molecule has 3 fully saturated rings. The smallest absolute Gasteiger partial charge is 0.309 e. The SMILES string of the molecule is CC1C(=O)OC2C1CCC1(C)CCC(NC(=O)CC(C)(C)C)C(C)C21. The highest BCUT2D eigenvalue weighted by Crippen LogP contribution is 2.57. The molecule has 0 spiro atoms. The Labute approximate surface area is 152 Å². The fourth-order valence-corrected chi connectivity index (χ4v) is 5.77. The monoisotopic (exact) mass is 349 g/mol. The molecular formula is C21H35NO3. The van der Waals surface area contributed by atoms with E-state index in [1.54, 1.807) is 0 Å². The molecule has 0 radical (unpaired) electrons. The van der Waals surface area contributed by atoms with Crippen LogP contribution in [0.25, 0.3) is 0 Å². The van der Waals surface area contributed by atoms with Crippen molar-refractivity contribution in [2.45, 2.75) is 85.8 Å². The minimum Gasteiger partial charge on any atom is -0.462 e. The summed E-state index contributed by atoms with van der Waals surface area (Å²) in [6.45, 7) is 12.9. The van der Waals surface area contributed by atoms with E-state index in [0.29, 0.717) is 24.2 Å². The zero-order valence-corrected chi connectivity index (χ0v) is 16.7. The molecule has 0 aromatic heterocycles. The normalized spacial score (nSPS) is 43.8. The van der Waals surface area contributed by atoms with Crippen LogP contribution in [0.3, 0.4) is 0 Å². The number of hydrogen-bond donors (Lipinski definition) is 1. The molecule has 1 heterocycles. The third-order valence-corrected chi connectivity index (χ3v) is 7.16. The number of amides is 1. The van der Waals surface area contributed by atoms with Crippen LogP contribution in [0.2, 0.25) is 0 Å². The maximum atomic E-state index is 12.4. The Balaban J connectivity index is 1.75. The number of nitrogens with one attached hydrogen (secondary N) is 1. The summed E-state index contributed by atoms with van der Waals surface area (Å²) in [5.41, 5.74) is 0.235. The first-order valence-corrected chi connectivity index (χ1v) is 10.0. The van der Waals surface area contributed by atoms with Gasteiger partial charge in [-0.3, -0.25) is 9.59 Å². The molecule has 3 aliphatic rings. The van der Waals surface area contributed by atoms with Gasteiger partial charge in [0, 0.05) is 24.3 Å². The summed E-state index contributed by atoms with van der Waals surface area (Å²) in [6.07, 6.45) is 5.00. The van der Waals surface area contributed by atoms with Crippen molar-refractivity contribution in [3.05, 3.63) is 0 Å². The Bertz CT molecular complexity index is 552. The number of esters is 1. The lowest BCUT2D eigenvalue weighted by Crippen LogP contribution is -2.57. The molecular weight excluding hydrogens is 314 g/mol. The number of carbonyl (C=O) groups is 2. The Morgan fingerprint density at radius 3 is 2.52 bits per heavy atom. The molecule has 7 unspecified atom stereocenters. The van der Waals surface area contributed by atoms with Crippen LogP contribution < -0.4 is 5.32 Å². The summed E-state index contributed by atoms with van der Waals surface area (Å²) in [5, 5.41) is 3.30. The second kappa shape index (κ2) is 6.28. The largest absolute Gasteiger partial charge is 0.462 e. The lowest BCUT2D eigenvalue weighted by molar-refractivity contribution is -0.154. The lowest BCUT2D eigenvalue weighted by atomic mass is 9.52. The molecule has 2 aliphatic carbocycles. The number of fused-ring (bicyclic) bond motifs is 3. The van der Waals surface area contributed by atoms with Crippen LogP contribution in [0, 0.1) is 34.5 Å². The molecule has 4 nitrogen and oxygen atoms in total. The van der Waals surface area contributed by atoms with Crippen molar-refractivity contribution in [3.8, 4) is 0 Å². The first kappa shape index (κ1) is 18.7. The van der Waals surface area contributed by atoms with E-state index < -0.39 is 0 Å². The Kier molecular flexibility index (Phi) is 4.70. The Hall–Kier alpha value is -1.06. The molecule has 1 amide bonds. The second-order valence-electron chi connectivity index (χ2n) is 10.4. The van der Waals surface area contributed by atoms with Crippen molar-refractivity contribution in [2.75, 3.05) is 0 Å². The zero-order valence-electron chi connectivity index (χ0n) is 16.7. The standard InChI is InChI=1S/C21H35NO3/c1-12-14-7-9-21(6)10-8-15(22-16(23)11-20(3,4)5)13(2)17(21)18(14)25-19(12)24/h12-15,17-18H,7-11H2,1-6H3,(H,22,23). The van der Waals surface area contributed by atoms with Crippen LogP contribution in [-0.2, 0) is 14.3 Å². The van der Waals surface area contributed by atoms with Crippen LogP contribution in [0.5, 0.6) is 0 Å². The van der Waals surface area contributed by atoms with Crippen molar-refractivity contribution >= 4 is 11.9 Å². The van der Waals surface area contributed by atoms with E-state index in [4.69, 9.17) is 4.74 Å². The molecule has 3 rings (SSSR count). The summed E-state index contributed by atoms with van der Waals surface area (Å²) in [5.74, 6) is 1.21. The first-order chi connectivity index (χ1) is 11.5. The lowest BCUT2D eigenvalue weighted by Gasteiger charge is -2.54. The molecule has 1 N–H and O–H groups in total. The maximum absolute atomic E-state index is 12.4. The third-order valence-electron chi connectivity index (χ3n) is 7.16. The predicted octanol–water partition coefficient (Wildman–Crippen LogP) is 3.93. The molecule has 1 aliphatic heterocycles. The van der Waals surface area contributed by atoms with Gasteiger partial charge in [0.1, 0.15) is 6.10 Å². The van der Waals surface area contributed by atoms with Gasteiger partial charge < -0.3 is 10.1 Å². The number of rotatable bonds is 2. The van der Waals surface area contributed by atoms with E-state index in [9.17, 15) is 9.59 Å². The Morgan fingerprint density at radius 1 is 1.24 bits per heavy atom. The summed E-state index contributed by atoms with van der Waals surface area (Å²) in [6, 6.07) is 0.196. The zero-order chi connectivity index (χ0) is 18.6. The van der Waals surface area contributed by atoms with Gasteiger partial charge in [0.25, 0.3) is 0 Å². The van der Waals surface area contributed by atoms with Gasteiger partial charge in [-0.2, -0.15) is 0 Å². The van der Waals surface area contributed by atoms with Gasteiger partial charge in [-0.05, 0) is 42.4 Å². The van der Waals surface area contributed by atoms with E-state index >= 15 is 0 Å². The second-order valence-corrected chi connectivity index (χ2v) is 10.4. The van der Waals surface area contributed by atoms with Gasteiger partial charge in [-0.25, -0.2) is 0 Å². The average Bonchev–Trinajstić information content (AvgIpc) is 2.75.